The van der Waals surface area contributed by atoms with Crippen LogP contribution in [0.4, 0.5) is 5.69 Å². The Morgan fingerprint density at radius 2 is 2.00 bits per heavy atom. The van der Waals surface area contributed by atoms with Crippen LogP contribution in [0.5, 0.6) is 0 Å². The molecule has 1 atom stereocenters. The fourth-order valence-electron chi connectivity index (χ4n) is 2.95. The van der Waals surface area contributed by atoms with E-state index in [1.54, 1.807) is 0 Å². The number of amides is 1. The second-order valence-electron chi connectivity index (χ2n) is 6.04. The monoisotopic (exact) mass is 309 g/mol. The summed E-state index contributed by atoms with van der Waals surface area (Å²) in [6, 6.07) is 14.2. The molecule has 4 nitrogen and oxygen atoms in total. The molecule has 23 heavy (non-hydrogen) atoms. The molecule has 0 heterocycles. The van der Waals surface area contributed by atoms with Crippen LogP contribution in [0.1, 0.15) is 26.2 Å². The first-order valence-electron chi connectivity index (χ1n) is 8.20. The molecule has 3 rings (SSSR count). The maximum atomic E-state index is 12.0. The number of allylic oxidation sites excluding steroid dienone is 2. The molecule has 120 valence electrons. The Morgan fingerprint density at radius 3 is 2.87 bits per heavy atom. The van der Waals surface area contributed by atoms with E-state index in [2.05, 4.69) is 47.4 Å². The van der Waals surface area contributed by atoms with E-state index in [1.807, 2.05) is 24.3 Å². The minimum atomic E-state index is -0.0726. The third-order valence-electron chi connectivity index (χ3n) is 4.31. The Morgan fingerprint density at radius 1 is 1.17 bits per heavy atom. The van der Waals surface area contributed by atoms with Crippen LogP contribution in [0.25, 0.3) is 10.8 Å². The van der Waals surface area contributed by atoms with Gasteiger partial charge in [-0.15, -0.1) is 0 Å². The van der Waals surface area contributed by atoms with Gasteiger partial charge in [0.05, 0.1) is 6.54 Å². The number of anilines is 1. The molecule has 1 unspecified atom stereocenters. The minimum Gasteiger partial charge on any atom is -0.376 e. The maximum Gasteiger partial charge on any atom is 0.257 e. The first-order valence-corrected chi connectivity index (χ1v) is 8.20. The summed E-state index contributed by atoms with van der Waals surface area (Å²) in [6.07, 6.45) is 5.65. The standard InChI is InChI=1S/C19H23N3O/c1-14-7-2-5-11-17(14)21-22-19(23)13-20-18-12-6-9-15-8-3-4-10-16(15)18/h3-4,6,8-12,14,20-21H,2,5,7,13H2,1H3,(H,22,23). The van der Waals surface area contributed by atoms with E-state index in [4.69, 9.17) is 0 Å². The molecule has 1 aliphatic rings. The number of nitrogens with one attached hydrogen (secondary N) is 3. The molecule has 1 amide bonds. The van der Waals surface area contributed by atoms with Gasteiger partial charge >= 0.3 is 0 Å². The minimum absolute atomic E-state index is 0.0726. The molecule has 0 saturated heterocycles. The van der Waals surface area contributed by atoms with Crippen LogP contribution in [0, 0.1) is 5.92 Å². The van der Waals surface area contributed by atoms with E-state index >= 15 is 0 Å². The van der Waals surface area contributed by atoms with Gasteiger partial charge in [-0.3, -0.25) is 10.2 Å². The number of fused-ring (bicyclic) bond motifs is 1. The van der Waals surface area contributed by atoms with Crippen molar-refractivity contribution in [1.82, 2.24) is 10.9 Å². The summed E-state index contributed by atoms with van der Waals surface area (Å²) in [4.78, 5) is 12.0. The summed E-state index contributed by atoms with van der Waals surface area (Å²) in [5, 5.41) is 5.50. The Bertz CT molecular complexity index is 718. The molecule has 0 aliphatic heterocycles. The van der Waals surface area contributed by atoms with Crippen molar-refractivity contribution in [3.05, 3.63) is 54.2 Å². The predicted octanol–water partition coefficient (Wildman–Crippen LogP) is 3.58. The Balaban J connectivity index is 1.55. The lowest BCUT2D eigenvalue weighted by molar-refractivity contribution is -0.120. The second kappa shape index (κ2) is 7.18. The third kappa shape index (κ3) is 3.83. The van der Waals surface area contributed by atoms with Crippen molar-refractivity contribution in [2.45, 2.75) is 26.2 Å². The van der Waals surface area contributed by atoms with Crippen LogP contribution in [0.15, 0.2) is 54.2 Å². The van der Waals surface area contributed by atoms with Crippen LogP contribution >= 0.6 is 0 Å². The average molecular weight is 309 g/mol. The van der Waals surface area contributed by atoms with Gasteiger partial charge in [-0.1, -0.05) is 49.4 Å². The summed E-state index contributed by atoms with van der Waals surface area (Å²) >= 11 is 0. The zero-order valence-corrected chi connectivity index (χ0v) is 13.4. The van der Waals surface area contributed by atoms with Crippen molar-refractivity contribution >= 4 is 22.4 Å². The van der Waals surface area contributed by atoms with Gasteiger partial charge in [-0.2, -0.15) is 0 Å². The van der Waals surface area contributed by atoms with Gasteiger partial charge in [0.15, 0.2) is 0 Å². The van der Waals surface area contributed by atoms with Crippen LogP contribution in [0.2, 0.25) is 0 Å². The van der Waals surface area contributed by atoms with Gasteiger partial charge in [0.1, 0.15) is 0 Å². The Hall–Kier alpha value is -2.49. The SMILES string of the molecule is CC1CCCC=C1NNC(=O)CNc1cccc2ccccc12. The van der Waals surface area contributed by atoms with Gasteiger partial charge in [0.2, 0.25) is 0 Å². The maximum absolute atomic E-state index is 12.0. The number of rotatable bonds is 5. The van der Waals surface area contributed by atoms with Gasteiger partial charge in [-0.25, -0.2) is 0 Å². The summed E-state index contributed by atoms with van der Waals surface area (Å²) < 4.78 is 0. The van der Waals surface area contributed by atoms with Crippen molar-refractivity contribution in [2.24, 2.45) is 5.92 Å². The summed E-state index contributed by atoms with van der Waals surface area (Å²) in [5.74, 6) is 0.409. The topological polar surface area (TPSA) is 53.2 Å². The molecular weight excluding hydrogens is 286 g/mol. The van der Waals surface area contributed by atoms with Crippen LogP contribution < -0.4 is 16.2 Å². The molecule has 3 N–H and O–H groups in total. The molecule has 0 spiro atoms. The Kier molecular flexibility index (Phi) is 4.81. The molecule has 2 aromatic rings. The number of benzene rings is 2. The Labute approximate surface area is 136 Å². The van der Waals surface area contributed by atoms with Crippen molar-refractivity contribution in [3.63, 3.8) is 0 Å². The highest BCUT2D eigenvalue weighted by molar-refractivity contribution is 5.95. The number of hydrazine groups is 1. The molecule has 0 bridgehead atoms. The number of carbonyl (C=O) groups excluding carboxylic acids is 1. The van der Waals surface area contributed by atoms with Crippen molar-refractivity contribution in [2.75, 3.05) is 11.9 Å². The summed E-state index contributed by atoms with van der Waals surface area (Å²) in [6.45, 7) is 2.42. The number of carbonyl (C=O) groups is 1. The number of hydrogen-bond acceptors (Lipinski definition) is 3. The second-order valence-corrected chi connectivity index (χ2v) is 6.04. The van der Waals surface area contributed by atoms with E-state index < -0.39 is 0 Å². The fourth-order valence-corrected chi connectivity index (χ4v) is 2.95. The highest BCUT2D eigenvalue weighted by Crippen LogP contribution is 2.23. The van der Waals surface area contributed by atoms with E-state index in [9.17, 15) is 4.79 Å². The highest BCUT2D eigenvalue weighted by atomic mass is 16.2. The fraction of sp³-hybridized carbons (Fsp3) is 0.316. The lowest BCUT2D eigenvalue weighted by atomic mass is 9.94. The van der Waals surface area contributed by atoms with Gasteiger partial charge < -0.3 is 10.7 Å². The normalized spacial score (nSPS) is 17.4. The molecule has 0 radical (unpaired) electrons. The van der Waals surface area contributed by atoms with Crippen molar-refractivity contribution in [1.29, 1.82) is 0 Å². The van der Waals surface area contributed by atoms with Crippen molar-refractivity contribution in [3.8, 4) is 0 Å². The quantitative estimate of drug-likeness (QED) is 0.740. The first-order chi connectivity index (χ1) is 11.2. The molecule has 0 saturated carbocycles. The van der Waals surface area contributed by atoms with E-state index in [0.29, 0.717) is 5.92 Å². The van der Waals surface area contributed by atoms with Gasteiger partial charge in [0, 0.05) is 16.8 Å². The average Bonchev–Trinajstić information content (AvgIpc) is 2.59. The molecule has 2 aromatic carbocycles. The first kappa shape index (κ1) is 15.4. The van der Waals surface area contributed by atoms with Crippen molar-refractivity contribution < 1.29 is 4.79 Å². The van der Waals surface area contributed by atoms with E-state index in [0.717, 1.165) is 28.6 Å². The molecule has 4 heteroatoms. The van der Waals surface area contributed by atoms with Gasteiger partial charge in [0.25, 0.3) is 5.91 Å². The highest BCUT2D eigenvalue weighted by Gasteiger charge is 2.13. The zero-order chi connectivity index (χ0) is 16.1. The lowest BCUT2D eigenvalue weighted by Gasteiger charge is -2.22. The third-order valence-corrected chi connectivity index (χ3v) is 4.31. The lowest BCUT2D eigenvalue weighted by Crippen LogP contribution is -2.41. The smallest absolute Gasteiger partial charge is 0.257 e. The predicted molar refractivity (Wildman–Crippen MR) is 94.8 cm³/mol. The largest absolute Gasteiger partial charge is 0.376 e. The van der Waals surface area contributed by atoms with Crippen LogP contribution in [-0.2, 0) is 4.79 Å². The molecule has 0 fully saturated rings. The molecule has 0 aromatic heterocycles. The van der Waals surface area contributed by atoms with E-state index in [1.165, 1.54) is 12.8 Å². The summed E-state index contributed by atoms with van der Waals surface area (Å²) in [7, 11) is 0. The van der Waals surface area contributed by atoms with Crippen LogP contribution in [0.3, 0.4) is 0 Å². The molecular formula is C19H23N3O. The summed E-state index contributed by atoms with van der Waals surface area (Å²) in [5.41, 5.74) is 7.94. The van der Waals surface area contributed by atoms with Gasteiger partial charge in [-0.05, 0) is 36.6 Å². The van der Waals surface area contributed by atoms with E-state index in [-0.39, 0.29) is 12.5 Å². The van der Waals surface area contributed by atoms with Crippen LogP contribution in [-0.4, -0.2) is 12.5 Å². The zero-order valence-electron chi connectivity index (χ0n) is 13.4. The number of hydrogen-bond donors (Lipinski definition) is 3. The molecule has 1 aliphatic carbocycles.